The van der Waals surface area contributed by atoms with Crippen molar-refractivity contribution < 1.29 is 23.1 Å². The molecule has 1 aromatic rings. The van der Waals surface area contributed by atoms with Crippen LogP contribution in [-0.2, 0) is 9.59 Å². The third-order valence-electron chi connectivity index (χ3n) is 3.60. The molecule has 1 aliphatic rings. The third-order valence-corrected chi connectivity index (χ3v) is 4.91. The van der Waals surface area contributed by atoms with Crippen LogP contribution in [0.15, 0.2) is 18.2 Å². The van der Waals surface area contributed by atoms with Gasteiger partial charge in [-0.25, -0.2) is 0 Å². The van der Waals surface area contributed by atoms with Crippen molar-refractivity contribution in [3.05, 3.63) is 23.2 Å². The SMILES string of the molecule is CC(C)(C)CC(=O)N1CSCC1C(=O)Nc1ccc(OC(F)F)c(Cl)c1. The monoisotopic (exact) mass is 406 g/mol. The van der Waals surface area contributed by atoms with Crippen molar-refractivity contribution in [3.63, 3.8) is 0 Å². The van der Waals surface area contributed by atoms with Crippen molar-refractivity contribution in [1.82, 2.24) is 4.90 Å². The van der Waals surface area contributed by atoms with Crippen LogP contribution in [0.25, 0.3) is 0 Å². The Balaban J connectivity index is 2.04. The average Bonchev–Trinajstić information content (AvgIpc) is 2.97. The number of nitrogens with zero attached hydrogens (tertiary/aromatic N) is 1. The number of nitrogens with one attached hydrogen (secondary N) is 1. The highest BCUT2D eigenvalue weighted by Crippen LogP contribution is 2.30. The van der Waals surface area contributed by atoms with Crippen LogP contribution in [0.3, 0.4) is 0 Å². The molecular formula is C17H21ClF2N2O3S. The number of amides is 2. The maximum absolute atomic E-state index is 12.6. The number of carbonyl (C=O) groups is 2. The van der Waals surface area contributed by atoms with Gasteiger partial charge in [-0.3, -0.25) is 9.59 Å². The third kappa shape index (κ3) is 5.74. The van der Waals surface area contributed by atoms with Gasteiger partial charge >= 0.3 is 6.61 Å². The molecule has 5 nitrogen and oxygen atoms in total. The van der Waals surface area contributed by atoms with E-state index < -0.39 is 12.7 Å². The number of hydrogen-bond acceptors (Lipinski definition) is 4. The zero-order valence-corrected chi connectivity index (χ0v) is 16.3. The highest BCUT2D eigenvalue weighted by Gasteiger charge is 2.35. The van der Waals surface area contributed by atoms with Crippen molar-refractivity contribution in [3.8, 4) is 5.75 Å². The maximum Gasteiger partial charge on any atom is 0.387 e. The van der Waals surface area contributed by atoms with E-state index in [1.807, 2.05) is 20.8 Å². The Morgan fingerprint density at radius 2 is 2.12 bits per heavy atom. The number of rotatable bonds is 5. The van der Waals surface area contributed by atoms with Gasteiger partial charge in [-0.15, -0.1) is 11.8 Å². The Morgan fingerprint density at radius 1 is 1.42 bits per heavy atom. The fraction of sp³-hybridized carbons (Fsp3) is 0.529. The van der Waals surface area contributed by atoms with Gasteiger partial charge < -0.3 is 15.0 Å². The van der Waals surface area contributed by atoms with Crippen molar-refractivity contribution in [2.45, 2.75) is 39.8 Å². The second-order valence-corrected chi connectivity index (χ2v) is 8.54. The summed E-state index contributed by atoms with van der Waals surface area (Å²) in [5, 5.41) is 2.64. The van der Waals surface area contributed by atoms with Crippen LogP contribution in [0, 0.1) is 5.41 Å². The highest BCUT2D eigenvalue weighted by atomic mass is 35.5. The lowest BCUT2D eigenvalue weighted by molar-refractivity contribution is -0.137. The van der Waals surface area contributed by atoms with Gasteiger partial charge in [-0.1, -0.05) is 32.4 Å². The first-order valence-electron chi connectivity index (χ1n) is 7.99. The van der Waals surface area contributed by atoms with Crippen LogP contribution in [0.4, 0.5) is 14.5 Å². The summed E-state index contributed by atoms with van der Waals surface area (Å²) in [6, 6.07) is 3.44. The van der Waals surface area contributed by atoms with Crippen molar-refractivity contribution in [2.24, 2.45) is 5.41 Å². The molecule has 26 heavy (non-hydrogen) atoms. The summed E-state index contributed by atoms with van der Waals surface area (Å²) < 4.78 is 28.8. The summed E-state index contributed by atoms with van der Waals surface area (Å²) in [7, 11) is 0. The van der Waals surface area contributed by atoms with Gasteiger partial charge in [0.15, 0.2) is 0 Å². The van der Waals surface area contributed by atoms with E-state index in [1.54, 1.807) is 4.90 Å². The van der Waals surface area contributed by atoms with Gasteiger partial charge in [-0.05, 0) is 23.6 Å². The number of hydrogen-bond donors (Lipinski definition) is 1. The summed E-state index contributed by atoms with van der Waals surface area (Å²) in [4.78, 5) is 26.6. The molecule has 1 saturated heterocycles. The second kappa shape index (κ2) is 8.43. The standard InChI is InChI=1S/C17H21ClF2N2O3S/c1-17(2,3)7-14(23)22-9-26-8-12(22)15(24)21-10-4-5-13(11(18)6-10)25-16(19)20/h4-6,12,16H,7-9H2,1-3H3,(H,21,24). The number of halogens is 3. The summed E-state index contributed by atoms with van der Waals surface area (Å²) in [6.45, 7) is 2.92. The number of anilines is 1. The molecule has 1 aromatic carbocycles. The fourth-order valence-electron chi connectivity index (χ4n) is 2.46. The molecule has 0 aliphatic carbocycles. The Bertz CT molecular complexity index is 682. The van der Waals surface area contributed by atoms with Crippen LogP contribution in [0.5, 0.6) is 5.75 Å². The van der Waals surface area contributed by atoms with E-state index in [1.165, 1.54) is 30.0 Å². The summed E-state index contributed by atoms with van der Waals surface area (Å²) in [5.41, 5.74) is 0.182. The molecule has 144 valence electrons. The number of thioether (sulfide) groups is 1. The van der Waals surface area contributed by atoms with Crippen LogP contribution in [0.2, 0.25) is 5.02 Å². The van der Waals surface area contributed by atoms with Gasteiger partial charge in [0.05, 0.1) is 10.9 Å². The van der Waals surface area contributed by atoms with Gasteiger partial charge in [0, 0.05) is 17.9 Å². The number of ether oxygens (including phenoxy) is 1. The normalized spacial score (nSPS) is 17.5. The summed E-state index contributed by atoms with van der Waals surface area (Å²) >= 11 is 7.40. The average molecular weight is 407 g/mol. The lowest BCUT2D eigenvalue weighted by Gasteiger charge is -2.26. The Labute approximate surface area is 160 Å². The second-order valence-electron chi connectivity index (χ2n) is 7.13. The minimum atomic E-state index is -2.98. The molecule has 2 amide bonds. The highest BCUT2D eigenvalue weighted by molar-refractivity contribution is 7.99. The zero-order valence-electron chi connectivity index (χ0n) is 14.7. The van der Waals surface area contributed by atoms with E-state index >= 15 is 0 Å². The molecular weight excluding hydrogens is 386 g/mol. The predicted octanol–water partition coefficient (Wildman–Crippen LogP) is 4.22. The first kappa shape index (κ1) is 20.8. The molecule has 0 radical (unpaired) electrons. The van der Waals surface area contributed by atoms with Gasteiger partial charge in [-0.2, -0.15) is 8.78 Å². The molecule has 1 N–H and O–H groups in total. The molecule has 2 rings (SSSR count). The molecule has 1 fully saturated rings. The zero-order chi connectivity index (χ0) is 19.5. The maximum atomic E-state index is 12.6. The lowest BCUT2D eigenvalue weighted by Crippen LogP contribution is -2.45. The van der Waals surface area contributed by atoms with Crippen LogP contribution in [0.1, 0.15) is 27.2 Å². The first-order chi connectivity index (χ1) is 12.1. The van der Waals surface area contributed by atoms with E-state index in [0.717, 1.165) is 0 Å². The molecule has 0 saturated carbocycles. The number of carbonyl (C=O) groups excluding carboxylic acids is 2. The van der Waals surface area contributed by atoms with E-state index in [0.29, 0.717) is 23.7 Å². The van der Waals surface area contributed by atoms with E-state index in [2.05, 4.69) is 10.1 Å². The Morgan fingerprint density at radius 3 is 2.69 bits per heavy atom. The van der Waals surface area contributed by atoms with Gasteiger partial charge in [0.25, 0.3) is 0 Å². The Kier molecular flexibility index (Phi) is 6.74. The minimum Gasteiger partial charge on any atom is -0.433 e. The molecule has 0 aromatic heterocycles. The minimum absolute atomic E-state index is 0.0374. The van der Waals surface area contributed by atoms with Crippen LogP contribution < -0.4 is 10.1 Å². The van der Waals surface area contributed by atoms with Gasteiger partial charge in [0.2, 0.25) is 11.8 Å². The molecule has 1 aliphatic heterocycles. The number of alkyl halides is 2. The van der Waals surface area contributed by atoms with Crippen LogP contribution in [-0.4, -0.2) is 41.0 Å². The molecule has 1 unspecified atom stereocenters. The fourth-order valence-corrected chi connectivity index (χ4v) is 3.86. The van der Waals surface area contributed by atoms with E-state index in [9.17, 15) is 18.4 Å². The predicted molar refractivity (Wildman–Crippen MR) is 98.7 cm³/mol. The van der Waals surface area contributed by atoms with Crippen molar-refractivity contribution >= 4 is 40.9 Å². The number of benzene rings is 1. The lowest BCUT2D eigenvalue weighted by atomic mass is 9.91. The molecule has 1 heterocycles. The van der Waals surface area contributed by atoms with Crippen LogP contribution >= 0.6 is 23.4 Å². The van der Waals surface area contributed by atoms with Crippen molar-refractivity contribution in [2.75, 3.05) is 16.9 Å². The quantitative estimate of drug-likeness (QED) is 0.795. The molecule has 1 atom stereocenters. The van der Waals surface area contributed by atoms with Crippen molar-refractivity contribution in [1.29, 1.82) is 0 Å². The van der Waals surface area contributed by atoms with E-state index in [-0.39, 0.29) is 28.0 Å². The molecule has 0 bridgehead atoms. The first-order valence-corrected chi connectivity index (χ1v) is 9.52. The topological polar surface area (TPSA) is 58.6 Å². The molecule has 9 heteroatoms. The van der Waals surface area contributed by atoms with E-state index in [4.69, 9.17) is 11.6 Å². The Hall–Kier alpha value is -1.54. The largest absolute Gasteiger partial charge is 0.433 e. The summed E-state index contributed by atoms with van der Waals surface area (Å²) in [5.74, 6) is 0.395. The smallest absolute Gasteiger partial charge is 0.387 e. The van der Waals surface area contributed by atoms with Gasteiger partial charge in [0.1, 0.15) is 11.8 Å². The summed E-state index contributed by atoms with van der Waals surface area (Å²) in [6.07, 6.45) is 0.350. The molecule has 0 spiro atoms.